The van der Waals surface area contributed by atoms with Gasteiger partial charge < -0.3 is 10.4 Å². The molecule has 2 heterocycles. The number of aromatic amines is 1. The molecule has 0 saturated carbocycles. The maximum Gasteiger partial charge on any atom is 0.174 e. The number of aryl methyl sites for hydroxylation is 1. The van der Waals surface area contributed by atoms with Gasteiger partial charge in [0.25, 0.3) is 0 Å². The molecule has 0 aliphatic carbocycles. The van der Waals surface area contributed by atoms with Crippen LogP contribution in [0.2, 0.25) is 0 Å². The Morgan fingerprint density at radius 1 is 1.29 bits per heavy atom. The van der Waals surface area contributed by atoms with E-state index in [1.165, 1.54) is 11.9 Å². The predicted molar refractivity (Wildman–Crippen MR) is 79.3 cm³/mol. The molecule has 0 unspecified atom stereocenters. The molecule has 0 bridgehead atoms. The van der Waals surface area contributed by atoms with Crippen molar-refractivity contribution < 1.29 is 5.11 Å². The van der Waals surface area contributed by atoms with Crippen LogP contribution in [0.3, 0.4) is 0 Å². The average molecular weight is 284 g/mol. The quantitative estimate of drug-likeness (QED) is 0.658. The van der Waals surface area contributed by atoms with Crippen molar-refractivity contribution in [3.05, 3.63) is 42.5 Å². The van der Waals surface area contributed by atoms with Gasteiger partial charge in [-0.2, -0.15) is 10.2 Å². The standard InChI is InChI=1S/C14H16N6O/c1-10-2-4-11(5-3-10)12-13(20-9-15-8-17-20)14(19-18-12)16-6-7-21/h2-5,8-9,21H,6-7H2,1H3,(H2,16,18,19). The van der Waals surface area contributed by atoms with Gasteiger partial charge in [0.05, 0.1) is 12.3 Å². The van der Waals surface area contributed by atoms with Gasteiger partial charge >= 0.3 is 0 Å². The maximum atomic E-state index is 8.97. The molecule has 7 heteroatoms. The Kier molecular flexibility index (Phi) is 3.65. The number of H-pyrrole nitrogens is 1. The molecule has 0 saturated heterocycles. The Balaban J connectivity index is 2.08. The van der Waals surface area contributed by atoms with Gasteiger partial charge in [0.15, 0.2) is 5.82 Å². The maximum absolute atomic E-state index is 8.97. The van der Waals surface area contributed by atoms with Crippen LogP contribution in [0.4, 0.5) is 5.82 Å². The second kappa shape index (κ2) is 5.76. The van der Waals surface area contributed by atoms with Gasteiger partial charge in [0.1, 0.15) is 18.3 Å². The first kappa shape index (κ1) is 13.3. The SMILES string of the molecule is Cc1ccc(-c2[nH]nc(NCCO)c2-n2cncn2)cc1. The molecule has 7 nitrogen and oxygen atoms in total. The van der Waals surface area contributed by atoms with Gasteiger partial charge in [-0.15, -0.1) is 0 Å². The van der Waals surface area contributed by atoms with Gasteiger partial charge in [-0.1, -0.05) is 29.8 Å². The summed E-state index contributed by atoms with van der Waals surface area (Å²) >= 11 is 0. The van der Waals surface area contributed by atoms with Crippen molar-refractivity contribution in [1.82, 2.24) is 25.0 Å². The second-order valence-corrected chi connectivity index (χ2v) is 4.65. The largest absolute Gasteiger partial charge is 0.395 e. The van der Waals surface area contributed by atoms with Crippen molar-refractivity contribution in [2.45, 2.75) is 6.92 Å². The molecule has 0 radical (unpaired) electrons. The van der Waals surface area contributed by atoms with Crippen molar-refractivity contribution in [2.75, 3.05) is 18.5 Å². The molecule has 0 aliphatic heterocycles. The number of nitrogens with zero attached hydrogens (tertiary/aromatic N) is 4. The van der Waals surface area contributed by atoms with Crippen LogP contribution in [-0.2, 0) is 0 Å². The summed E-state index contributed by atoms with van der Waals surface area (Å²) in [6.07, 6.45) is 3.09. The van der Waals surface area contributed by atoms with Crippen LogP contribution in [0.5, 0.6) is 0 Å². The normalized spacial score (nSPS) is 10.8. The fraction of sp³-hybridized carbons (Fsp3) is 0.214. The summed E-state index contributed by atoms with van der Waals surface area (Å²) in [6, 6.07) is 8.14. The van der Waals surface area contributed by atoms with Gasteiger partial charge in [-0.05, 0) is 6.92 Å². The number of anilines is 1. The van der Waals surface area contributed by atoms with Gasteiger partial charge in [0.2, 0.25) is 0 Å². The third-order valence-corrected chi connectivity index (χ3v) is 3.13. The number of aliphatic hydroxyl groups excluding tert-OH is 1. The molecular weight excluding hydrogens is 268 g/mol. The summed E-state index contributed by atoms with van der Waals surface area (Å²) in [4.78, 5) is 3.98. The van der Waals surface area contributed by atoms with Crippen LogP contribution < -0.4 is 5.32 Å². The monoisotopic (exact) mass is 284 g/mol. The van der Waals surface area contributed by atoms with Crippen molar-refractivity contribution >= 4 is 5.82 Å². The van der Waals surface area contributed by atoms with E-state index in [2.05, 4.69) is 25.6 Å². The minimum absolute atomic E-state index is 0.0313. The molecule has 3 aromatic rings. The van der Waals surface area contributed by atoms with Crippen LogP contribution >= 0.6 is 0 Å². The zero-order valence-electron chi connectivity index (χ0n) is 11.6. The van der Waals surface area contributed by atoms with Crippen molar-refractivity contribution in [2.24, 2.45) is 0 Å². The number of hydrogen-bond acceptors (Lipinski definition) is 5. The van der Waals surface area contributed by atoms with E-state index < -0.39 is 0 Å². The van der Waals surface area contributed by atoms with E-state index in [1.807, 2.05) is 31.2 Å². The molecule has 3 N–H and O–H groups in total. The van der Waals surface area contributed by atoms with Crippen LogP contribution in [0.15, 0.2) is 36.9 Å². The van der Waals surface area contributed by atoms with Gasteiger partial charge in [-0.25, -0.2) is 9.67 Å². The highest BCUT2D eigenvalue weighted by molar-refractivity contribution is 5.76. The predicted octanol–water partition coefficient (Wildman–Crippen LogP) is 1.37. The topological polar surface area (TPSA) is 91.7 Å². The third-order valence-electron chi connectivity index (χ3n) is 3.13. The molecule has 0 amide bonds. The fourth-order valence-electron chi connectivity index (χ4n) is 2.10. The number of hydrogen-bond donors (Lipinski definition) is 3. The van der Waals surface area contributed by atoms with E-state index in [9.17, 15) is 0 Å². The summed E-state index contributed by atoms with van der Waals surface area (Å²) in [5, 5.41) is 23.5. The highest BCUT2D eigenvalue weighted by Crippen LogP contribution is 2.29. The first-order valence-corrected chi connectivity index (χ1v) is 6.64. The molecule has 0 aliphatic rings. The van der Waals surface area contributed by atoms with Crippen LogP contribution in [-0.4, -0.2) is 43.2 Å². The smallest absolute Gasteiger partial charge is 0.174 e. The minimum atomic E-state index is 0.0313. The highest BCUT2D eigenvalue weighted by Gasteiger charge is 2.17. The molecule has 21 heavy (non-hydrogen) atoms. The van der Waals surface area contributed by atoms with E-state index in [4.69, 9.17) is 5.11 Å². The van der Waals surface area contributed by atoms with E-state index in [-0.39, 0.29) is 6.61 Å². The Morgan fingerprint density at radius 2 is 2.10 bits per heavy atom. The lowest BCUT2D eigenvalue weighted by Gasteiger charge is -2.07. The summed E-state index contributed by atoms with van der Waals surface area (Å²) < 4.78 is 1.65. The first-order chi connectivity index (χ1) is 10.3. The second-order valence-electron chi connectivity index (χ2n) is 4.65. The molecule has 0 atom stereocenters. The molecule has 108 valence electrons. The lowest BCUT2D eigenvalue weighted by atomic mass is 10.1. The third kappa shape index (κ3) is 2.63. The van der Waals surface area contributed by atoms with Crippen LogP contribution in [0.25, 0.3) is 16.9 Å². The minimum Gasteiger partial charge on any atom is -0.395 e. The summed E-state index contributed by atoms with van der Waals surface area (Å²) in [7, 11) is 0. The Morgan fingerprint density at radius 3 is 2.76 bits per heavy atom. The van der Waals surface area contributed by atoms with Crippen LogP contribution in [0.1, 0.15) is 5.56 Å². The lowest BCUT2D eigenvalue weighted by Crippen LogP contribution is -2.08. The number of nitrogens with one attached hydrogen (secondary N) is 2. The summed E-state index contributed by atoms with van der Waals surface area (Å²) in [6.45, 7) is 2.49. The van der Waals surface area contributed by atoms with Crippen LogP contribution in [0, 0.1) is 6.92 Å². The van der Waals surface area contributed by atoms with E-state index in [1.54, 1.807) is 11.0 Å². The molecular formula is C14H16N6O. The summed E-state index contributed by atoms with van der Waals surface area (Å²) in [5.41, 5.74) is 3.83. The zero-order valence-corrected chi connectivity index (χ0v) is 11.6. The molecule has 0 fully saturated rings. The number of aliphatic hydroxyl groups is 1. The lowest BCUT2D eigenvalue weighted by molar-refractivity contribution is 0.311. The van der Waals surface area contributed by atoms with E-state index in [0.29, 0.717) is 12.4 Å². The van der Waals surface area contributed by atoms with Crippen molar-refractivity contribution in [3.63, 3.8) is 0 Å². The molecule has 2 aromatic heterocycles. The molecule has 0 spiro atoms. The van der Waals surface area contributed by atoms with E-state index in [0.717, 1.165) is 16.9 Å². The van der Waals surface area contributed by atoms with Crippen molar-refractivity contribution in [1.29, 1.82) is 0 Å². The fourth-order valence-corrected chi connectivity index (χ4v) is 2.10. The Bertz CT molecular complexity index is 702. The van der Waals surface area contributed by atoms with Crippen molar-refractivity contribution in [3.8, 4) is 16.9 Å². The Labute approximate surface area is 121 Å². The molecule has 3 rings (SSSR count). The number of rotatable bonds is 5. The number of aromatic nitrogens is 5. The summed E-state index contributed by atoms with van der Waals surface area (Å²) in [5.74, 6) is 0.630. The first-order valence-electron chi connectivity index (χ1n) is 6.64. The zero-order chi connectivity index (χ0) is 14.7. The Hall–Kier alpha value is -2.67. The van der Waals surface area contributed by atoms with E-state index >= 15 is 0 Å². The van der Waals surface area contributed by atoms with Gasteiger partial charge in [0, 0.05) is 12.1 Å². The average Bonchev–Trinajstić information content (AvgIpc) is 3.14. The highest BCUT2D eigenvalue weighted by atomic mass is 16.3. The molecule has 1 aromatic carbocycles. The number of benzene rings is 1. The van der Waals surface area contributed by atoms with Gasteiger partial charge in [-0.3, -0.25) is 5.10 Å².